The summed E-state index contributed by atoms with van der Waals surface area (Å²) in [5, 5.41) is 8.91. The monoisotopic (exact) mass is 248 g/mol. The fourth-order valence-electron chi connectivity index (χ4n) is 1.91. The van der Waals surface area contributed by atoms with Crippen LogP contribution in [0.3, 0.4) is 0 Å². The Balaban J connectivity index is 2.45. The standard InChI is InChI=1S/C15H21FN2/c1-4-13(10-17)11-18(3)8-7-14-5-6-15(16)12(2)9-14/h5-6,9,13H,4,7-8,11H2,1-3H3. The van der Waals surface area contributed by atoms with E-state index in [0.717, 1.165) is 31.5 Å². The normalized spacial score (nSPS) is 12.4. The van der Waals surface area contributed by atoms with Gasteiger partial charge in [-0.1, -0.05) is 19.1 Å². The number of likely N-dealkylation sites (N-methyl/N-ethyl adjacent to an activating group) is 1. The fraction of sp³-hybridized carbons (Fsp3) is 0.533. The fourth-order valence-corrected chi connectivity index (χ4v) is 1.91. The minimum Gasteiger partial charge on any atom is -0.305 e. The van der Waals surface area contributed by atoms with Crippen LogP contribution in [-0.2, 0) is 6.42 Å². The summed E-state index contributed by atoms with van der Waals surface area (Å²) < 4.78 is 13.1. The molecule has 0 bridgehead atoms. The van der Waals surface area contributed by atoms with E-state index in [0.29, 0.717) is 5.56 Å². The molecular weight excluding hydrogens is 227 g/mol. The number of benzene rings is 1. The van der Waals surface area contributed by atoms with E-state index in [1.165, 1.54) is 6.07 Å². The second-order valence-electron chi connectivity index (χ2n) is 4.83. The van der Waals surface area contributed by atoms with Crippen molar-refractivity contribution in [3.63, 3.8) is 0 Å². The Bertz CT molecular complexity index is 423. The highest BCUT2D eigenvalue weighted by Gasteiger charge is 2.08. The predicted molar refractivity (Wildman–Crippen MR) is 71.7 cm³/mol. The third-order valence-corrected chi connectivity index (χ3v) is 3.21. The van der Waals surface area contributed by atoms with Crippen molar-refractivity contribution in [1.82, 2.24) is 4.90 Å². The first-order valence-corrected chi connectivity index (χ1v) is 6.40. The van der Waals surface area contributed by atoms with Crippen LogP contribution in [-0.4, -0.2) is 25.0 Å². The van der Waals surface area contributed by atoms with E-state index in [4.69, 9.17) is 5.26 Å². The maximum atomic E-state index is 13.1. The smallest absolute Gasteiger partial charge is 0.126 e. The molecule has 1 rings (SSSR count). The zero-order valence-corrected chi connectivity index (χ0v) is 11.4. The lowest BCUT2D eigenvalue weighted by atomic mass is 10.1. The molecule has 18 heavy (non-hydrogen) atoms. The maximum Gasteiger partial charge on any atom is 0.126 e. The van der Waals surface area contributed by atoms with Crippen molar-refractivity contribution >= 4 is 0 Å². The van der Waals surface area contributed by atoms with Gasteiger partial charge in [-0.15, -0.1) is 0 Å². The van der Waals surface area contributed by atoms with Crippen LogP contribution >= 0.6 is 0 Å². The van der Waals surface area contributed by atoms with Crippen molar-refractivity contribution in [2.24, 2.45) is 5.92 Å². The van der Waals surface area contributed by atoms with Gasteiger partial charge in [-0.25, -0.2) is 4.39 Å². The molecular formula is C15H21FN2. The van der Waals surface area contributed by atoms with E-state index in [9.17, 15) is 4.39 Å². The molecule has 0 aliphatic rings. The lowest BCUT2D eigenvalue weighted by molar-refractivity contribution is 0.303. The molecule has 0 heterocycles. The average Bonchev–Trinajstić information content (AvgIpc) is 2.37. The Morgan fingerprint density at radius 3 is 2.72 bits per heavy atom. The van der Waals surface area contributed by atoms with E-state index >= 15 is 0 Å². The molecule has 1 aromatic rings. The minimum atomic E-state index is -0.150. The number of nitriles is 1. The second-order valence-corrected chi connectivity index (χ2v) is 4.83. The second kappa shape index (κ2) is 7.13. The first-order chi connectivity index (χ1) is 8.56. The van der Waals surface area contributed by atoms with Crippen LogP contribution in [0.15, 0.2) is 18.2 Å². The van der Waals surface area contributed by atoms with E-state index in [1.54, 1.807) is 6.92 Å². The summed E-state index contributed by atoms with van der Waals surface area (Å²) in [5.41, 5.74) is 1.84. The lowest BCUT2D eigenvalue weighted by Crippen LogP contribution is -2.27. The molecule has 0 N–H and O–H groups in total. The van der Waals surface area contributed by atoms with Gasteiger partial charge in [0, 0.05) is 13.1 Å². The highest BCUT2D eigenvalue weighted by atomic mass is 19.1. The lowest BCUT2D eigenvalue weighted by Gasteiger charge is -2.19. The van der Waals surface area contributed by atoms with E-state index in [-0.39, 0.29) is 11.7 Å². The molecule has 0 radical (unpaired) electrons. The molecule has 2 nitrogen and oxygen atoms in total. The average molecular weight is 248 g/mol. The van der Waals surface area contributed by atoms with Crippen LogP contribution in [0.25, 0.3) is 0 Å². The van der Waals surface area contributed by atoms with E-state index in [2.05, 4.69) is 11.0 Å². The van der Waals surface area contributed by atoms with Gasteiger partial charge in [-0.05, 0) is 44.0 Å². The van der Waals surface area contributed by atoms with Crippen LogP contribution in [0.5, 0.6) is 0 Å². The summed E-state index contributed by atoms with van der Waals surface area (Å²) in [6, 6.07) is 7.55. The van der Waals surface area contributed by atoms with Crippen molar-refractivity contribution in [1.29, 1.82) is 5.26 Å². The number of rotatable bonds is 6. The first kappa shape index (κ1) is 14.7. The van der Waals surface area contributed by atoms with Gasteiger partial charge >= 0.3 is 0 Å². The number of hydrogen-bond donors (Lipinski definition) is 0. The summed E-state index contributed by atoms with van der Waals surface area (Å²) in [6.07, 6.45) is 1.77. The minimum absolute atomic E-state index is 0.102. The van der Waals surface area contributed by atoms with Crippen LogP contribution < -0.4 is 0 Å². The molecule has 1 unspecified atom stereocenters. The highest BCUT2D eigenvalue weighted by molar-refractivity contribution is 5.24. The predicted octanol–water partition coefficient (Wildman–Crippen LogP) is 3.16. The SMILES string of the molecule is CCC(C#N)CN(C)CCc1ccc(F)c(C)c1. The summed E-state index contributed by atoms with van der Waals surface area (Å²) in [5.74, 6) is -0.0485. The van der Waals surface area contributed by atoms with E-state index < -0.39 is 0 Å². The summed E-state index contributed by atoms with van der Waals surface area (Å²) in [4.78, 5) is 2.16. The molecule has 0 amide bonds. The quantitative estimate of drug-likeness (QED) is 0.773. The Morgan fingerprint density at radius 2 is 2.17 bits per heavy atom. The van der Waals surface area contributed by atoms with Gasteiger partial charge in [-0.3, -0.25) is 0 Å². The summed E-state index contributed by atoms with van der Waals surface area (Å²) in [7, 11) is 2.02. The van der Waals surface area contributed by atoms with Crippen LogP contribution in [0.2, 0.25) is 0 Å². The number of halogens is 1. The van der Waals surface area contributed by atoms with E-state index in [1.807, 2.05) is 26.1 Å². The molecule has 1 atom stereocenters. The van der Waals surface area contributed by atoms with Crippen molar-refractivity contribution < 1.29 is 4.39 Å². The largest absolute Gasteiger partial charge is 0.305 e. The third-order valence-electron chi connectivity index (χ3n) is 3.21. The topological polar surface area (TPSA) is 27.0 Å². The molecule has 3 heteroatoms. The molecule has 0 fully saturated rings. The molecule has 0 spiro atoms. The van der Waals surface area contributed by atoms with Gasteiger partial charge < -0.3 is 4.90 Å². The van der Waals surface area contributed by atoms with Crippen molar-refractivity contribution in [2.45, 2.75) is 26.7 Å². The van der Waals surface area contributed by atoms with Crippen molar-refractivity contribution in [3.8, 4) is 6.07 Å². The van der Waals surface area contributed by atoms with Crippen LogP contribution in [0.4, 0.5) is 4.39 Å². The van der Waals surface area contributed by atoms with Crippen LogP contribution in [0, 0.1) is 30.0 Å². The van der Waals surface area contributed by atoms with Gasteiger partial charge in [0.25, 0.3) is 0 Å². The zero-order chi connectivity index (χ0) is 13.5. The van der Waals surface area contributed by atoms with Gasteiger partial charge in [0.15, 0.2) is 0 Å². The first-order valence-electron chi connectivity index (χ1n) is 6.40. The summed E-state index contributed by atoms with van der Waals surface area (Å²) >= 11 is 0. The van der Waals surface area contributed by atoms with Crippen molar-refractivity contribution in [2.75, 3.05) is 20.1 Å². The van der Waals surface area contributed by atoms with Crippen molar-refractivity contribution in [3.05, 3.63) is 35.1 Å². The molecule has 0 saturated heterocycles. The van der Waals surface area contributed by atoms with Gasteiger partial charge in [0.05, 0.1) is 12.0 Å². The number of aryl methyl sites for hydroxylation is 1. The summed E-state index contributed by atoms with van der Waals surface area (Å²) in [6.45, 7) is 5.51. The molecule has 0 aliphatic heterocycles. The van der Waals surface area contributed by atoms with Gasteiger partial charge in [0.2, 0.25) is 0 Å². The molecule has 98 valence electrons. The Kier molecular flexibility index (Phi) is 5.80. The molecule has 1 aromatic carbocycles. The zero-order valence-electron chi connectivity index (χ0n) is 11.4. The third kappa shape index (κ3) is 4.46. The Labute approximate surface area is 109 Å². The Hall–Kier alpha value is -1.40. The van der Waals surface area contributed by atoms with Gasteiger partial charge in [-0.2, -0.15) is 5.26 Å². The molecule has 0 aromatic heterocycles. The van der Waals surface area contributed by atoms with Crippen LogP contribution in [0.1, 0.15) is 24.5 Å². The molecule has 0 aliphatic carbocycles. The number of hydrogen-bond acceptors (Lipinski definition) is 2. The molecule has 0 saturated carbocycles. The maximum absolute atomic E-state index is 13.1. The van der Waals surface area contributed by atoms with Gasteiger partial charge in [0.1, 0.15) is 5.82 Å². The Morgan fingerprint density at radius 1 is 1.44 bits per heavy atom. The highest BCUT2D eigenvalue weighted by Crippen LogP contribution is 2.10. The number of nitrogens with zero attached hydrogens (tertiary/aromatic N) is 2.